The van der Waals surface area contributed by atoms with E-state index in [1.54, 1.807) is 74.6 Å². The van der Waals surface area contributed by atoms with Crippen LogP contribution in [-0.2, 0) is 43.4 Å². The molecule has 0 unspecified atom stereocenters. The number of aromatic nitrogens is 1. The van der Waals surface area contributed by atoms with Crippen molar-refractivity contribution < 1.29 is 68.8 Å². The predicted molar refractivity (Wildman–Crippen MR) is 144 cm³/mol. The van der Waals surface area contributed by atoms with E-state index in [2.05, 4.69) is 0 Å². The number of hydrogen-bond acceptors (Lipinski definition) is 11. The molecule has 1 aromatic rings. The highest BCUT2D eigenvalue weighted by Crippen LogP contribution is 2.34. The molecule has 0 aliphatic carbocycles. The van der Waals surface area contributed by atoms with E-state index in [4.69, 9.17) is 37.7 Å². The second kappa shape index (κ2) is 13.8. The molecule has 250 valence electrons. The summed E-state index contributed by atoms with van der Waals surface area (Å²) < 4.78 is 83.8. The highest BCUT2D eigenvalue weighted by molar-refractivity contribution is 7.86. The molecule has 1 fully saturated rings. The van der Waals surface area contributed by atoms with E-state index in [0.29, 0.717) is 0 Å². The molecule has 0 aromatic carbocycles. The molecule has 1 amide bonds. The minimum atomic E-state index is -6.09. The largest absolute Gasteiger partial charge is 0.741 e. The molecule has 2 rings (SSSR count). The molecule has 0 saturated carbocycles. The van der Waals surface area contributed by atoms with Crippen molar-refractivity contribution >= 4 is 33.9 Å². The van der Waals surface area contributed by atoms with Crippen molar-refractivity contribution in [3.05, 3.63) is 30.1 Å². The zero-order valence-electron chi connectivity index (χ0n) is 25.9. The van der Waals surface area contributed by atoms with Crippen molar-refractivity contribution in [2.24, 2.45) is 22.0 Å². The van der Waals surface area contributed by atoms with Crippen molar-refractivity contribution in [1.82, 2.24) is 0 Å². The number of nitrogens with two attached hydrogens (primary N) is 1. The summed E-state index contributed by atoms with van der Waals surface area (Å²) in [5, 5.41) is 0. The Morgan fingerprint density at radius 1 is 0.886 bits per heavy atom. The van der Waals surface area contributed by atoms with E-state index in [9.17, 15) is 32.3 Å². The molecule has 0 radical (unpaired) electrons. The molecule has 0 spiro atoms. The van der Waals surface area contributed by atoms with Crippen LogP contribution >= 0.6 is 0 Å². The van der Waals surface area contributed by atoms with E-state index >= 15 is 0 Å². The zero-order valence-corrected chi connectivity index (χ0v) is 26.7. The summed E-state index contributed by atoms with van der Waals surface area (Å²) in [4.78, 5) is 50.0. The van der Waals surface area contributed by atoms with Crippen LogP contribution in [0.15, 0.2) is 24.5 Å². The number of amides is 1. The van der Waals surface area contributed by atoms with Gasteiger partial charge in [0.1, 0.15) is 18.3 Å². The fourth-order valence-corrected chi connectivity index (χ4v) is 3.12. The summed E-state index contributed by atoms with van der Waals surface area (Å²) in [6, 6.07) is 3.12. The highest BCUT2D eigenvalue weighted by atomic mass is 32.2. The van der Waals surface area contributed by atoms with E-state index in [1.807, 2.05) is 0 Å². The van der Waals surface area contributed by atoms with Gasteiger partial charge in [-0.25, -0.2) is 8.42 Å². The molecule has 4 atom stereocenters. The number of halogens is 3. The highest BCUT2D eigenvalue weighted by Gasteiger charge is 2.56. The van der Waals surface area contributed by atoms with E-state index < -0.39 is 80.2 Å². The Kier molecular flexibility index (Phi) is 12.1. The van der Waals surface area contributed by atoms with Crippen LogP contribution < -0.4 is 10.3 Å². The van der Waals surface area contributed by atoms with E-state index in [1.165, 1.54) is 16.8 Å². The predicted octanol–water partition coefficient (Wildman–Crippen LogP) is 2.53. The van der Waals surface area contributed by atoms with Gasteiger partial charge in [-0.1, -0.05) is 0 Å². The van der Waals surface area contributed by atoms with Crippen LogP contribution in [0.5, 0.6) is 0 Å². The molecule has 1 aliphatic heterocycles. The monoisotopic (exact) mass is 656 g/mol. The lowest BCUT2D eigenvalue weighted by Crippen LogP contribution is -2.50. The number of esters is 3. The van der Waals surface area contributed by atoms with Crippen molar-refractivity contribution in [2.75, 3.05) is 6.61 Å². The van der Waals surface area contributed by atoms with Crippen LogP contribution in [0.25, 0.3) is 0 Å². The van der Waals surface area contributed by atoms with Gasteiger partial charge in [0, 0.05) is 6.07 Å². The number of rotatable bonds is 6. The van der Waals surface area contributed by atoms with Crippen LogP contribution in [0.2, 0.25) is 0 Å². The number of ether oxygens (including phenoxy) is 4. The topological polar surface area (TPSA) is 192 Å². The third-order valence-corrected chi connectivity index (χ3v) is 6.24. The summed E-state index contributed by atoms with van der Waals surface area (Å²) in [5.41, 5.74) is -2.49. The molecule has 44 heavy (non-hydrogen) atoms. The second-order valence-electron chi connectivity index (χ2n) is 13.0. The normalized spacial score (nSPS) is 21.0. The lowest BCUT2D eigenvalue weighted by atomic mass is 9.96. The van der Waals surface area contributed by atoms with Crippen molar-refractivity contribution in [2.45, 2.75) is 92.4 Å². The maximum atomic E-state index is 12.9. The molecule has 17 heteroatoms. The van der Waals surface area contributed by atoms with Crippen LogP contribution in [0.1, 0.15) is 78.9 Å². The third-order valence-electron chi connectivity index (χ3n) is 5.67. The maximum absolute atomic E-state index is 12.9. The SMILES string of the molecule is CC(C)(C)C(=O)OC[C@H]1O[C@@H]([n+]2cccc(C(N)=O)c2)[C@H](OC(=O)C(C)(C)C)[C@@H]1OC(=O)C(C)(C)C.O=S(=O)([O-])C(F)(F)F. The van der Waals surface area contributed by atoms with E-state index in [-0.39, 0.29) is 12.2 Å². The van der Waals surface area contributed by atoms with Crippen molar-refractivity contribution in [3.63, 3.8) is 0 Å². The fourth-order valence-electron chi connectivity index (χ4n) is 3.12. The van der Waals surface area contributed by atoms with Crippen molar-refractivity contribution in [1.29, 1.82) is 0 Å². The second-order valence-corrected chi connectivity index (χ2v) is 14.3. The lowest BCUT2D eigenvalue weighted by molar-refractivity contribution is -0.765. The summed E-state index contributed by atoms with van der Waals surface area (Å²) >= 11 is 0. The molecule has 1 aliphatic rings. The van der Waals surface area contributed by atoms with Crippen molar-refractivity contribution in [3.8, 4) is 0 Å². The Labute approximate surface area is 253 Å². The van der Waals surface area contributed by atoms with Gasteiger partial charge in [-0.05, 0) is 68.4 Å². The molecule has 13 nitrogen and oxygen atoms in total. The quantitative estimate of drug-likeness (QED) is 0.156. The first-order valence-corrected chi connectivity index (χ1v) is 14.6. The standard InChI is InChI=1S/C26H38N2O8.CHF3O3S/c1-24(2,3)21(30)33-14-16-17(35-22(31)25(4,5)6)18(36-23(32)26(7,8)9)20(34-16)28-12-10-11-15(13-28)19(27)29;2-1(3,4)8(5,6)7/h10-13,16-18,20H,14H2,1-9H3,(H-,27,29);(H,5,6,7)/t16-,17-,18-,20-;/m1./s1. The Morgan fingerprint density at radius 3 is 1.70 bits per heavy atom. The van der Waals surface area contributed by atoms with Crippen LogP contribution in [-0.4, -0.2) is 67.2 Å². The molecule has 2 N–H and O–H groups in total. The van der Waals surface area contributed by atoms with Gasteiger partial charge in [0.15, 0.2) is 28.6 Å². The van der Waals surface area contributed by atoms with Gasteiger partial charge in [0.05, 0.1) is 16.2 Å². The number of alkyl halides is 3. The smallest absolute Gasteiger partial charge is 0.485 e. The maximum Gasteiger partial charge on any atom is 0.485 e. The van der Waals surface area contributed by atoms with Crippen LogP contribution in [0.3, 0.4) is 0 Å². The number of carbonyl (C=O) groups excluding carboxylic acids is 4. The molecular weight excluding hydrogens is 617 g/mol. The van der Waals surface area contributed by atoms with Gasteiger partial charge >= 0.3 is 29.6 Å². The van der Waals surface area contributed by atoms with Gasteiger partial charge in [-0.15, -0.1) is 0 Å². The van der Waals surface area contributed by atoms with Crippen LogP contribution in [0.4, 0.5) is 13.2 Å². The number of nitrogens with zero attached hydrogens (tertiary/aromatic N) is 1. The number of carbonyl (C=O) groups is 4. The van der Waals surface area contributed by atoms with Gasteiger partial charge in [-0.3, -0.25) is 19.2 Å². The minimum absolute atomic E-state index is 0.202. The Bertz CT molecular complexity index is 1330. The summed E-state index contributed by atoms with van der Waals surface area (Å²) in [7, 11) is -6.09. The number of pyridine rings is 1. The number of hydrogen-bond donors (Lipinski definition) is 1. The fraction of sp³-hybridized carbons (Fsp3) is 0.667. The number of primary amides is 1. The molecule has 2 heterocycles. The molecule has 1 aromatic heterocycles. The van der Waals surface area contributed by atoms with Gasteiger partial charge in [0.2, 0.25) is 6.10 Å². The van der Waals surface area contributed by atoms with Gasteiger partial charge < -0.3 is 29.2 Å². The molecule has 0 bridgehead atoms. The summed E-state index contributed by atoms with van der Waals surface area (Å²) in [5.74, 6) is -2.22. The first kappa shape index (κ1) is 38.7. The average molecular weight is 657 g/mol. The zero-order chi connectivity index (χ0) is 34.6. The summed E-state index contributed by atoms with van der Waals surface area (Å²) in [6.45, 7) is 15.1. The van der Waals surface area contributed by atoms with Gasteiger partial charge in [-0.2, -0.15) is 17.7 Å². The van der Waals surface area contributed by atoms with Gasteiger partial charge in [0.25, 0.3) is 5.91 Å². The van der Waals surface area contributed by atoms with Crippen LogP contribution in [0, 0.1) is 16.2 Å². The first-order chi connectivity index (χ1) is 19.6. The summed E-state index contributed by atoms with van der Waals surface area (Å²) in [6.07, 6.45) is -1.07. The molecular formula is C27H39F3N2O11S. The third kappa shape index (κ3) is 11.0. The average Bonchev–Trinajstić information content (AvgIpc) is 3.16. The van der Waals surface area contributed by atoms with E-state index in [0.717, 1.165) is 0 Å². The Hall–Kier alpha value is -3.31. The lowest BCUT2D eigenvalue weighted by Gasteiger charge is -2.28. The minimum Gasteiger partial charge on any atom is -0.741 e. The first-order valence-electron chi connectivity index (χ1n) is 13.1. The Balaban J connectivity index is 0.00000106. The Morgan fingerprint density at radius 2 is 1.32 bits per heavy atom. The molecule has 1 saturated heterocycles.